The molecule has 1 aromatic heterocycles. The molecule has 0 spiro atoms. The summed E-state index contributed by atoms with van der Waals surface area (Å²) in [5, 5.41) is 3.62. The average Bonchev–Trinajstić information content (AvgIpc) is 3.29. The number of hydrogen-bond donors (Lipinski definition) is 0. The van der Waals surface area contributed by atoms with E-state index in [0.29, 0.717) is 0 Å². The smallest absolute Gasteiger partial charge is 0.0716 e. The summed E-state index contributed by atoms with van der Waals surface area (Å²) in [6, 6.07) is 80.8. The van der Waals surface area contributed by atoms with Gasteiger partial charge in [0.2, 0.25) is 0 Å². The van der Waals surface area contributed by atoms with E-state index in [1.807, 2.05) is 0 Å². The van der Waals surface area contributed by atoms with Crippen molar-refractivity contribution in [3.63, 3.8) is 0 Å². The maximum atomic E-state index is 5.25. The largest absolute Gasteiger partial charge is 0.248 e. The second kappa shape index (κ2) is 14.5. The zero-order valence-electron chi connectivity index (χ0n) is 30.8. The molecule has 0 aliphatic carbocycles. The van der Waals surface area contributed by atoms with E-state index >= 15 is 0 Å². The van der Waals surface area contributed by atoms with Gasteiger partial charge >= 0.3 is 0 Å². The Bertz CT molecular complexity index is 2940. The summed E-state index contributed by atoms with van der Waals surface area (Å²) in [4.78, 5) is 5.25. The highest BCUT2D eigenvalue weighted by atomic mass is 14.7. The van der Waals surface area contributed by atoms with Gasteiger partial charge in [-0.05, 0) is 120 Å². The van der Waals surface area contributed by atoms with E-state index in [4.69, 9.17) is 4.98 Å². The van der Waals surface area contributed by atoms with Gasteiger partial charge in [-0.2, -0.15) is 0 Å². The van der Waals surface area contributed by atoms with Crippen LogP contribution in [0.5, 0.6) is 0 Å². The van der Waals surface area contributed by atoms with Crippen molar-refractivity contribution in [3.05, 3.63) is 224 Å². The van der Waals surface area contributed by atoms with E-state index in [0.717, 1.165) is 27.7 Å². The minimum atomic E-state index is 0.955. The highest BCUT2D eigenvalue weighted by molar-refractivity contribution is 6.09. The van der Waals surface area contributed by atoms with Gasteiger partial charge in [0.15, 0.2) is 0 Å². The quantitative estimate of drug-likeness (QED) is 0.160. The Morgan fingerprint density at radius 3 is 1.21 bits per heavy atom. The molecule has 0 radical (unpaired) electrons. The van der Waals surface area contributed by atoms with Crippen LogP contribution in [0.25, 0.3) is 99.7 Å². The Hall–Kier alpha value is -7.35. The fourth-order valence-electron chi connectivity index (χ4n) is 8.07. The number of fused-ring (bicyclic) bond motifs is 2. The predicted molar refractivity (Wildman–Crippen MR) is 237 cm³/mol. The van der Waals surface area contributed by atoms with Gasteiger partial charge < -0.3 is 0 Å². The number of benzene rings is 9. The third-order valence-electron chi connectivity index (χ3n) is 10.9. The molecular weight excluding hydrogens is 675 g/mol. The number of pyridine rings is 1. The zero-order valence-corrected chi connectivity index (χ0v) is 30.8. The van der Waals surface area contributed by atoms with Gasteiger partial charge in [0.25, 0.3) is 0 Å². The van der Waals surface area contributed by atoms with E-state index < -0.39 is 0 Å². The molecule has 9 aromatic carbocycles. The Morgan fingerprint density at radius 2 is 0.607 bits per heavy atom. The van der Waals surface area contributed by atoms with Crippen LogP contribution in [0.15, 0.2) is 224 Å². The Kier molecular flexibility index (Phi) is 8.59. The van der Waals surface area contributed by atoms with Crippen LogP contribution < -0.4 is 0 Å². The van der Waals surface area contributed by atoms with Crippen molar-refractivity contribution < 1.29 is 0 Å². The number of aromatic nitrogens is 1. The minimum absolute atomic E-state index is 0.955. The molecule has 56 heavy (non-hydrogen) atoms. The van der Waals surface area contributed by atoms with Gasteiger partial charge in [0.05, 0.1) is 11.2 Å². The van der Waals surface area contributed by atoms with Crippen LogP contribution >= 0.6 is 0 Å². The molecule has 0 bridgehead atoms. The van der Waals surface area contributed by atoms with Crippen molar-refractivity contribution in [1.29, 1.82) is 0 Å². The molecule has 0 unspecified atom stereocenters. The molecule has 1 heterocycles. The molecule has 0 aliphatic heterocycles. The Morgan fingerprint density at radius 1 is 0.214 bits per heavy atom. The van der Waals surface area contributed by atoms with E-state index in [2.05, 4.69) is 224 Å². The summed E-state index contributed by atoms with van der Waals surface area (Å²) < 4.78 is 0. The second-order valence-corrected chi connectivity index (χ2v) is 14.3. The van der Waals surface area contributed by atoms with Gasteiger partial charge in [0.1, 0.15) is 0 Å². The third kappa shape index (κ3) is 6.36. The summed E-state index contributed by atoms with van der Waals surface area (Å²) in [7, 11) is 0. The summed E-state index contributed by atoms with van der Waals surface area (Å²) in [6.45, 7) is 0. The molecule has 0 N–H and O–H groups in total. The molecule has 10 rings (SSSR count). The van der Waals surface area contributed by atoms with Crippen LogP contribution in [0.4, 0.5) is 0 Å². The summed E-state index contributed by atoms with van der Waals surface area (Å²) >= 11 is 0. The van der Waals surface area contributed by atoms with Gasteiger partial charge in [-0.15, -0.1) is 0 Å². The van der Waals surface area contributed by atoms with Crippen molar-refractivity contribution in [2.45, 2.75) is 0 Å². The molecule has 0 atom stereocenters. The van der Waals surface area contributed by atoms with Crippen molar-refractivity contribution in [2.75, 3.05) is 0 Å². The fraction of sp³-hybridized carbons (Fsp3) is 0. The minimum Gasteiger partial charge on any atom is -0.248 e. The number of hydrogen-bond acceptors (Lipinski definition) is 1. The van der Waals surface area contributed by atoms with Crippen molar-refractivity contribution in [1.82, 2.24) is 4.98 Å². The molecule has 0 saturated heterocycles. The Labute approximate surface area is 327 Å². The van der Waals surface area contributed by atoms with Crippen LogP contribution in [-0.2, 0) is 0 Å². The highest BCUT2D eigenvalue weighted by Crippen LogP contribution is 2.40. The molecule has 0 amide bonds. The van der Waals surface area contributed by atoms with Gasteiger partial charge in [0, 0.05) is 10.9 Å². The summed E-state index contributed by atoms with van der Waals surface area (Å²) in [5.41, 5.74) is 17.4. The van der Waals surface area contributed by atoms with E-state index in [1.54, 1.807) is 0 Å². The standard InChI is InChI=1S/C55H37N/c1-4-16-38(17-5-1)45-34-46(39-18-6-2-7-19-39)36-47(35-45)43-24-14-22-41(32-43)42-23-15-25-44(33-42)55-37-53(52-28-12-13-29-54(52)56-55)51-31-30-48(40-20-8-3-9-21-40)49-26-10-11-27-50(49)51/h1-37H. The predicted octanol–water partition coefficient (Wildman–Crippen LogP) is 15.1. The zero-order chi connectivity index (χ0) is 37.3. The van der Waals surface area contributed by atoms with Crippen LogP contribution in [0.2, 0.25) is 0 Å². The molecule has 10 aromatic rings. The fourth-order valence-corrected chi connectivity index (χ4v) is 8.07. The number of para-hydroxylation sites is 1. The molecular formula is C55H37N. The number of rotatable bonds is 7. The van der Waals surface area contributed by atoms with Crippen LogP contribution in [0, 0.1) is 0 Å². The maximum absolute atomic E-state index is 5.25. The summed E-state index contributed by atoms with van der Waals surface area (Å²) in [6.07, 6.45) is 0. The topological polar surface area (TPSA) is 12.9 Å². The first kappa shape index (κ1) is 33.2. The molecule has 1 nitrogen and oxygen atoms in total. The van der Waals surface area contributed by atoms with Gasteiger partial charge in [-0.1, -0.05) is 182 Å². The molecule has 262 valence electrons. The van der Waals surface area contributed by atoms with Crippen LogP contribution in [0.1, 0.15) is 0 Å². The van der Waals surface area contributed by atoms with E-state index in [-0.39, 0.29) is 0 Å². The Balaban J connectivity index is 1.07. The van der Waals surface area contributed by atoms with Gasteiger partial charge in [-0.3, -0.25) is 0 Å². The van der Waals surface area contributed by atoms with Crippen molar-refractivity contribution in [2.24, 2.45) is 0 Å². The normalized spacial score (nSPS) is 11.2. The average molecular weight is 712 g/mol. The second-order valence-electron chi connectivity index (χ2n) is 14.3. The monoisotopic (exact) mass is 711 g/mol. The summed E-state index contributed by atoms with van der Waals surface area (Å²) in [5.74, 6) is 0. The van der Waals surface area contributed by atoms with Crippen molar-refractivity contribution >= 4 is 21.7 Å². The van der Waals surface area contributed by atoms with Crippen LogP contribution in [0.3, 0.4) is 0 Å². The lowest BCUT2D eigenvalue weighted by molar-refractivity contribution is 1.40. The maximum Gasteiger partial charge on any atom is 0.0716 e. The SMILES string of the molecule is c1ccc(-c2cc(-c3ccccc3)cc(-c3cccc(-c4cccc(-c5cc(-c6ccc(-c7ccccc7)c7ccccc67)c6ccccc6n5)c4)c3)c2)cc1. The molecule has 0 aliphatic rings. The number of nitrogens with zero attached hydrogens (tertiary/aromatic N) is 1. The van der Waals surface area contributed by atoms with Gasteiger partial charge in [-0.25, -0.2) is 4.98 Å². The van der Waals surface area contributed by atoms with E-state index in [9.17, 15) is 0 Å². The lowest BCUT2D eigenvalue weighted by Gasteiger charge is -2.15. The first-order valence-corrected chi connectivity index (χ1v) is 19.2. The first-order valence-electron chi connectivity index (χ1n) is 19.2. The lowest BCUT2D eigenvalue weighted by Crippen LogP contribution is -1.92. The van der Waals surface area contributed by atoms with Crippen LogP contribution in [-0.4, -0.2) is 4.98 Å². The van der Waals surface area contributed by atoms with Crippen molar-refractivity contribution in [3.8, 4) is 78.0 Å². The highest BCUT2D eigenvalue weighted by Gasteiger charge is 2.15. The molecule has 0 saturated carbocycles. The first-order chi connectivity index (χ1) is 27.7. The molecule has 1 heteroatoms. The van der Waals surface area contributed by atoms with E-state index in [1.165, 1.54) is 72.0 Å². The molecule has 0 fully saturated rings. The lowest BCUT2D eigenvalue weighted by atomic mass is 9.90. The third-order valence-corrected chi connectivity index (χ3v) is 10.9.